The summed E-state index contributed by atoms with van der Waals surface area (Å²) in [7, 11) is 0. The van der Waals surface area contributed by atoms with Gasteiger partial charge in [-0.05, 0) is 43.3 Å². The zero-order valence-corrected chi connectivity index (χ0v) is 14.3. The van der Waals surface area contributed by atoms with Gasteiger partial charge in [-0.2, -0.15) is 4.98 Å². The van der Waals surface area contributed by atoms with Crippen LogP contribution in [0.3, 0.4) is 0 Å². The summed E-state index contributed by atoms with van der Waals surface area (Å²) in [6.07, 6.45) is 0. The number of pyridine rings is 1. The fourth-order valence-corrected chi connectivity index (χ4v) is 3.31. The first-order valence-electron chi connectivity index (χ1n) is 7.91. The number of aryl methyl sites for hydroxylation is 1. The van der Waals surface area contributed by atoms with E-state index >= 15 is 0 Å². The maximum absolute atomic E-state index is 12.9. The zero-order valence-electron chi connectivity index (χ0n) is 13.5. The summed E-state index contributed by atoms with van der Waals surface area (Å²) in [6, 6.07) is 11.6. The number of hydrogen-bond acceptors (Lipinski definition) is 5. The molecule has 0 bridgehead atoms. The molecular formula is C20H10ClNO4. The van der Waals surface area contributed by atoms with Crippen molar-refractivity contribution in [1.82, 2.24) is 4.98 Å². The van der Waals surface area contributed by atoms with Crippen molar-refractivity contribution in [3.63, 3.8) is 0 Å². The van der Waals surface area contributed by atoms with Crippen molar-refractivity contribution in [2.24, 2.45) is 0 Å². The highest BCUT2D eigenvalue weighted by Crippen LogP contribution is 2.24. The fourth-order valence-electron chi connectivity index (χ4n) is 3.14. The van der Waals surface area contributed by atoms with Crippen molar-refractivity contribution in [1.29, 1.82) is 0 Å². The summed E-state index contributed by atoms with van der Waals surface area (Å²) in [5.74, 6) is 0. The van der Waals surface area contributed by atoms with Gasteiger partial charge in [-0.3, -0.25) is 9.59 Å². The Morgan fingerprint density at radius 1 is 0.769 bits per heavy atom. The molecule has 0 aliphatic rings. The van der Waals surface area contributed by atoms with Gasteiger partial charge in [0.15, 0.2) is 0 Å². The van der Waals surface area contributed by atoms with Gasteiger partial charge in [0.1, 0.15) is 11.2 Å². The van der Waals surface area contributed by atoms with Crippen LogP contribution in [0.4, 0.5) is 0 Å². The Bertz CT molecular complexity index is 1390. The first kappa shape index (κ1) is 15.1. The quantitative estimate of drug-likeness (QED) is 0.377. The third-order valence-electron chi connectivity index (χ3n) is 4.42. The maximum atomic E-state index is 12.9. The molecule has 26 heavy (non-hydrogen) atoms. The number of hydrogen-bond donors (Lipinski definition) is 0. The van der Waals surface area contributed by atoms with Gasteiger partial charge < -0.3 is 8.83 Å². The Morgan fingerprint density at radius 3 is 2.00 bits per heavy atom. The summed E-state index contributed by atoms with van der Waals surface area (Å²) in [4.78, 5) is 30.0. The van der Waals surface area contributed by atoms with Gasteiger partial charge >= 0.3 is 0 Å². The number of benzene rings is 2. The number of halogens is 1. The zero-order chi connectivity index (χ0) is 18.0. The molecule has 5 aromatic rings. The summed E-state index contributed by atoms with van der Waals surface area (Å²) in [5.41, 5.74) is 1.49. The van der Waals surface area contributed by atoms with E-state index in [2.05, 4.69) is 4.98 Å². The fraction of sp³-hybridized carbons (Fsp3) is 0.0500. The molecule has 0 N–H and O–H groups in total. The molecule has 0 unspecified atom stereocenters. The molecule has 5 rings (SSSR count). The normalized spacial score (nSPS) is 11.8. The first-order valence-corrected chi connectivity index (χ1v) is 8.29. The van der Waals surface area contributed by atoms with Crippen LogP contribution in [0, 0.1) is 6.92 Å². The monoisotopic (exact) mass is 363 g/mol. The van der Waals surface area contributed by atoms with Crippen molar-refractivity contribution in [2.45, 2.75) is 6.92 Å². The number of nitrogens with zero attached hydrogens (tertiary/aromatic N) is 1. The number of aromatic nitrogens is 1. The lowest BCUT2D eigenvalue weighted by atomic mass is 10.1. The Hall–Kier alpha value is -3.18. The molecule has 0 aliphatic heterocycles. The molecule has 0 saturated carbocycles. The van der Waals surface area contributed by atoms with Crippen LogP contribution in [-0.4, -0.2) is 4.98 Å². The van der Waals surface area contributed by atoms with Crippen molar-refractivity contribution in [3.8, 4) is 0 Å². The molecule has 0 spiro atoms. The number of rotatable bonds is 0. The molecule has 3 heterocycles. The second-order valence-electron chi connectivity index (χ2n) is 6.20. The van der Waals surface area contributed by atoms with Gasteiger partial charge in [-0.15, -0.1) is 0 Å². The highest BCUT2D eigenvalue weighted by atomic mass is 35.5. The topological polar surface area (TPSA) is 73.3 Å². The lowest BCUT2D eigenvalue weighted by Crippen LogP contribution is -2.07. The van der Waals surface area contributed by atoms with Crippen molar-refractivity contribution < 1.29 is 8.83 Å². The van der Waals surface area contributed by atoms with Gasteiger partial charge in [-0.25, -0.2) is 0 Å². The largest absolute Gasteiger partial charge is 0.437 e. The molecule has 5 nitrogen and oxygen atoms in total. The van der Waals surface area contributed by atoms with Crippen LogP contribution in [0.5, 0.6) is 0 Å². The van der Waals surface area contributed by atoms with Crippen LogP contribution < -0.4 is 10.9 Å². The molecule has 0 atom stereocenters. The van der Waals surface area contributed by atoms with E-state index in [1.807, 2.05) is 13.0 Å². The van der Waals surface area contributed by atoms with Gasteiger partial charge in [0, 0.05) is 5.02 Å². The summed E-state index contributed by atoms with van der Waals surface area (Å²) in [6.45, 7) is 1.90. The van der Waals surface area contributed by atoms with Crippen LogP contribution in [0.1, 0.15) is 5.56 Å². The van der Waals surface area contributed by atoms with Crippen LogP contribution in [0.25, 0.3) is 44.1 Å². The predicted octanol–water partition coefficient (Wildman–Crippen LogP) is 4.56. The average Bonchev–Trinajstić information content (AvgIpc) is 2.62. The minimum atomic E-state index is -0.290. The van der Waals surface area contributed by atoms with Crippen molar-refractivity contribution >= 4 is 55.7 Å². The summed E-state index contributed by atoms with van der Waals surface area (Å²) in [5, 5.41) is 1.67. The van der Waals surface area contributed by atoms with Crippen LogP contribution in [-0.2, 0) is 0 Å². The van der Waals surface area contributed by atoms with Crippen LogP contribution >= 0.6 is 11.6 Å². The van der Waals surface area contributed by atoms with E-state index in [1.165, 1.54) is 6.07 Å². The SMILES string of the molecule is Cc1ccc2oc3nc4oc5ccc(Cl)cc5c(=O)c4cc3c(=O)c2c1. The molecule has 0 radical (unpaired) electrons. The average molecular weight is 364 g/mol. The molecule has 0 fully saturated rings. The van der Waals surface area contributed by atoms with Gasteiger partial charge in [0.05, 0.1) is 21.5 Å². The summed E-state index contributed by atoms with van der Waals surface area (Å²) >= 11 is 5.98. The van der Waals surface area contributed by atoms with E-state index in [1.54, 1.807) is 30.3 Å². The molecule has 3 aromatic heterocycles. The Labute approximate surface area is 150 Å². The molecular weight excluding hydrogens is 354 g/mol. The lowest BCUT2D eigenvalue weighted by molar-refractivity contribution is 0.621. The number of fused-ring (bicyclic) bond motifs is 4. The van der Waals surface area contributed by atoms with Gasteiger partial charge in [0.2, 0.25) is 22.3 Å². The standard InChI is InChI=1S/C20H10ClNO4/c1-9-2-4-15-11(6-9)17(23)13-8-14-18(24)12-7-10(21)3-5-16(12)26-20(14)22-19(13)25-15/h2-8H,1H3. The van der Waals surface area contributed by atoms with Crippen molar-refractivity contribution in [2.75, 3.05) is 0 Å². The third-order valence-corrected chi connectivity index (χ3v) is 4.66. The molecule has 6 heteroatoms. The minimum Gasteiger partial charge on any atom is -0.437 e. The van der Waals surface area contributed by atoms with Gasteiger partial charge in [-0.1, -0.05) is 23.2 Å². The van der Waals surface area contributed by atoms with E-state index in [0.29, 0.717) is 27.0 Å². The van der Waals surface area contributed by atoms with E-state index in [-0.39, 0.29) is 33.1 Å². The molecule has 0 saturated heterocycles. The van der Waals surface area contributed by atoms with E-state index < -0.39 is 0 Å². The minimum absolute atomic E-state index is 0.118. The lowest BCUT2D eigenvalue weighted by Gasteiger charge is -2.04. The molecule has 126 valence electrons. The smallest absolute Gasteiger partial charge is 0.233 e. The van der Waals surface area contributed by atoms with E-state index in [0.717, 1.165) is 5.56 Å². The van der Waals surface area contributed by atoms with Crippen LogP contribution in [0.2, 0.25) is 5.02 Å². The Balaban J connectivity index is 2.00. The second-order valence-corrected chi connectivity index (χ2v) is 6.63. The molecule has 2 aromatic carbocycles. The highest BCUT2D eigenvalue weighted by molar-refractivity contribution is 6.31. The van der Waals surface area contributed by atoms with E-state index in [4.69, 9.17) is 20.4 Å². The molecule has 0 amide bonds. The maximum Gasteiger partial charge on any atom is 0.233 e. The molecule has 0 aliphatic carbocycles. The highest BCUT2D eigenvalue weighted by Gasteiger charge is 2.15. The second kappa shape index (κ2) is 5.16. The Morgan fingerprint density at radius 2 is 1.35 bits per heavy atom. The van der Waals surface area contributed by atoms with E-state index in [9.17, 15) is 9.59 Å². The summed E-state index contributed by atoms with van der Waals surface area (Å²) < 4.78 is 11.5. The first-order chi connectivity index (χ1) is 12.5. The van der Waals surface area contributed by atoms with Gasteiger partial charge in [0.25, 0.3) is 0 Å². The third kappa shape index (κ3) is 2.07. The predicted molar refractivity (Wildman–Crippen MR) is 101 cm³/mol. The van der Waals surface area contributed by atoms with Crippen LogP contribution in [0.15, 0.2) is 60.9 Å². The van der Waals surface area contributed by atoms with Crippen molar-refractivity contribution in [3.05, 3.63) is 73.5 Å². The Kier molecular flexibility index (Phi) is 3.00.